The summed E-state index contributed by atoms with van der Waals surface area (Å²) in [6.07, 6.45) is -1.46. The predicted octanol–water partition coefficient (Wildman–Crippen LogP) is -1.11. The first-order chi connectivity index (χ1) is 6.04. The standard InChI is InChI=1S/C5H8N2O6/c1-5(13-11)2(8)6-4(9)7-3(5)12-10/h3,10-11H,1H3,(H2,6,7,8,9)/t3-,5?/m1/s1. The molecule has 0 aliphatic carbocycles. The van der Waals surface area contributed by atoms with E-state index >= 15 is 0 Å². The molecule has 4 N–H and O–H groups in total. The highest BCUT2D eigenvalue weighted by Gasteiger charge is 2.50. The van der Waals surface area contributed by atoms with Crippen molar-refractivity contribution >= 4 is 11.9 Å². The van der Waals surface area contributed by atoms with E-state index in [9.17, 15) is 9.59 Å². The SMILES string of the molecule is CC1(OO)C(=O)NC(=O)N[C@@H]1OO. The van der Waals surface area contributed by atoms with Gasteiger partial charge in [0.15, 0.2) is 0 Å². The van der Waals surface area contributed by atoms with Crippen LogP contribution in [-0.2, 0) is 14.6 Å². The van der Waals surface area contributed by atoms with Crippen LogP contribution in [-0.4, -0.2) is 34.3 Å². The second-order valence-electron chi connectivity index (χ2n) is 2.61. The molecule has 0 aromatic rings. The van der Waals surface area contributed by atoms with Gasteiger partial charge in [0.25, 0.3) is 5.91 Å². The molecule has 0 spiro atoms. The van der Waals surface area contributed by atoms with Crippen LogP contribution >= 0.6 is 0 Å². The molecule has 8 heteroatoms. The molecular weight excluding hydrogens is 184 g/mol. The summed E-state index contributed by atoms with van der Waals surface area (Å²) in [6.45, 7) is 1.13. The fraction of sp³-hybridized carbons (Fsp3) is 0.600. The van der Waals surface area contributed by atoms with Crippen molar-refractivity contribution in [1.82, 2.24) is 10.6 Å². The van der Waals surface area contributed by atoms with Crippen LogP contribution in [0.4, 0.5) is 4.79 Å². The van der Waals surface area contributed by atoms with E-state index in [0.29, 0.717) is 0 Å². The van der Waals surface area contributed by atoms with Crippen LogP contribution in [0.25, 0.3) is 0 Å². The lowest BCUT2D eigenvalue weighted by molar-refractivity contribution is -0.380. The zero-order valence-electron chi connectivity index (χ0n) is 6.60. The summed E-state index contributed by atoms with van der Waals surface area (Å²) in [6, 6.07) is -0.849. The fourth-order valence-corrected chi connectivity index (χ4v) is 0.855. The average Bonchev–Trinajstić information content (AvgIpc) is 2.11. The average molecular weight is 192 g/mol. The summed E-state index contributed by atoms with van der Waals surface area (Å²) < 4.78 is 0. The minimum absolute atomic E-state index is 0.849. The summed E-state index contributed by atoms with van der Waals surface area (Å²) in [4.78, 5) is 29.3. The number of hydrogen-bond donors (Lipinski definition) is 4. The Morgan fingerprint density at radius 3 is 2.54 bits per heavy atom. The van der Waals surface area contributed by atoms with Crippen LogP contribution in [0.1, 0.15) is 6.92 Å². The molecule has 0 radical (unpaired) electrons. The van der Waals surface area contributed by atoms with Crippen molar-refractivity contribution < 1.29 is 29.9 Å². The lowest BCUT2D eigenvalue weighted by Gasteiger charge is -2.34. The largest absolute Gasteiger partial charge is 0.323 e. The summed E-state index contributed by atoms with van der Waals surface area (Å²) in [5.74, 6) is -0.919. The zero-order chi connectivity index (χ0) is 10.1. The van der Waals surface area contributed by atoms with E-state index in [1.165, 1.54) is 0 Å². The summed E-state index contributed by atoms with van der Waals surface area (Å²) in [5.41, 5.74) is -1.87. The molecule has 0 bridgehead atoms. The van der Waals surface area contributed by atoms with Crippen LogP contribution in [0.15, 0.2) is 0 Å². The Morgan fingerprint density at radius 2 is 2.08 bits per heavy atom. The van der Waals surface area contributed by atoms with Crippen molar-refractivity contribution in [3.63, 3.8) is 0 Å². The van der Waals surface area contributed by atoms with Gasteiger partial charge in [0.2, 0.25) is 11.8 Å². The normalized spacial score (nSPS) is 33.9. The van der Waals surface area contributed by atoms with Gasteiger partial charge in [-0.25, -0.2) is 19.8 Å². The van der Waals surface area contributed by atoms with Crippen LogP contribution in [0, 0.1) is 0 Å². The maximum Gasteiger partial charge on any atom is 0.323 e. The second-order valence-corrected chi connectivity index (χ2v) is 2.61. The minimum atomic E-state index is -1.87. The molecule has 1 saturated heterocycles. The van der Waals surface area contributed by atoms with Gasteiger partial charge >= 0.3 is 6.03 Å². The molecule has 0 aromatic heterocycles. The first-order valence-electron chi connectivity index (χ1n) is 3.29. The molecule has 8 nitrogen and oxygen atoms in total. The summed E-state index contributed by atoms with van der Waals surface area (Å²) in [7, 11) is 0. The van der Waals surface area contributed by atoms with E-state index < -0.39 is 23.8 Å². The van der Waals surface area contributed by atoms with Crippen molar-refractivity contribution in [2.24, 2.45) is 0 Å². The Balaban J connectivity index is 2.90. The summed E-state index contributed by atoms with van der Waals surface area (Å²) >= 11 is 0. The molecule has 1 aliphatic rings. The third-order valence-corrected chi connectivity index (χ3v) is 1.74. The number of nitrogens with one attached hydrogen (secondary N) is 2. The van der Waals surface area contributed by atoms with Crippen LogP contribution < -0.4 is 10.6 Å². The molecule has 1 rings (SSSR count). The third-order valence-electron chi connectivity index (χ3n) is 1.74. The number of amides is 3. The van der Waals surface area contributed by atoms with Crippen molar-refractivity contribution in [2.45, 2.75) is 18.8 Å². The van der Waals surface area contributed by atoms with Crippen LogP contribution in [0.3, 0.4) is 0 Å². The molecule has 2 atom stereocenters. The van der Waals surface area contributed by atoms with Crippen LogP contribution in [0.2, 0.25) is 0 Å². The van der Waals surface area contributed by atoms with Crippen molar-refractivity contribution in [2.75, 3.05) is 0 Å². The maximum absolute atomic E-state index is 11.1. The zero-order valence-corrected chi connectivity index (χ0v) is 6.60. The molecule has 13 heavy (non-hydrogen) atoms. The Labute approximate surface area is 72.3 Å². The van der Waals surface area contributed by atoms with Gasteiger partial charge in [-0.2, -0.15) is 0 Å². The number of carbonyl (C=O) groups excluding carboxylic acids is 2. The quantitative estimate of drug-likeness (QED) is 0.325. The Morgan fingerprint density at radius 1 is 1.46 bits per heavy atom. The summed E-state index contributed by atoms with van der Waals surface area (Å²) in [5, 5.41) is 20.5. The van der Waals surface area contributed by atoms with Gasteiger partial charge < -0.3 is 5.32 Å². The topological polar surface area (TPSA) is 117 Å². The van der Waals surface area contributed by atoms with Crippen molar-refractivity contribution in [1.29, 1.82) is 0 Å². The fourth-order valence-electron chi connectivity index (χ4n) is 0.855. The van der Waals surface area contributed by atoms with Gasteiger partial charge in [0, 0.05) is 0 Å². The number of rotatable bonds is 2. The van der Waals surface area contributed by atoms with E-state index in [1.54, 1.807) is 0 Å². The Hall–Kier alpha value is -1.22. The maximum atomic E-state index is 11.1. The number of hydrogen-bond acceptors (Lipinski definition) is 6. The molecule has 1 heterocycles. The molecular formula is C5H8N2O6. The second kappa shape index (κ2) is 3.26. The van der Waals surface area contributed by atoms with Gasteiger partial charge in [-0.15, -0.1) is 0 Å². The molecule has 1 fully saturated rings. The number of urea groups is 1. The number of carbonyl (C=O) groups is 2. The minimum Gasteiger partial charge on any atom is -0.306 e. The predicted molar refractivity (Wildman–Crippen MR) is 36.3 cm³/mol. The van der Waals surface area contributed by atoms with E-state index in [0.717, 1.165) is 6.92 Å². The first kappa shape index (κ1) is 9.86. The van der Waals surface area contributed by atoms with Gasteiger partial charge in [0.05, 0.1) is 0 Å². The molecule has 74 valence electrons. The van der Waals surface area contributed by atoms with Gasteiger partial charge in [0.1, 0.15) is 0 Å². The van der Waals surface area contributed by atoms with E-state index in [-0.39, 0.29) is 0 Å². The van der Waals surface area contributed by atoms with Crippen LogP contribution in [0.5, 0.6) is 0 Å². The monoisotopic (exact) mass is 192 g/mol. The molecule has 1 unspecified atom stereocenters. The smallest absolute Gasteiger partial charge is 0.306 e. The van der Waals surface area contributed by atoms with Gasteiger partial charge in [-0.05, 0) is 6.92 Å². The lowest BCUT2D eigenvalue weighted by Crippen LogP contribution is -2.69. The van der Waals surface area contributed by atoms with E-state index in [4.69, 9.17) is 10.5 Å². The molecule has 0 aromatic carbocycles. The highest BCUT2D eigenvalue weighted by Crippen LogP contribution is 2.18. The third kappa shape index (κ3) is 1.47. The highest BCUT2D eigenvalue weighted by molar-refractivity contribution is 6.01. The Bertz CT molecular complexity index is 243. The first-order valence-corrected chi connectivity index (χ1v) is 3.29. The lowest BCUT2D eigenvalue weighted by atomic mass is 10.0. The van der Waals surface area contributed by atoms with Crippen molar-refractivity contribution in [3.05, 3.63) is 0 Å². The van der Waals surface area contributed by atoms with E-state index in [2.05, 4.69) is 9.78 Å². The van der Waals surface area contributed by atoms with Crippen molar-refractivity contribution in [3.8, 4) is 0 Å². The molecule has 3 amide bonds. The highest BCUT2D eigenvalue weighted by atomic mass is 17.1. The van der Waals surface area contributed by atoms with E-state index in [1.807, 2.05) is 10.6 Å². The van der Waals surface area contributed by atoms with Gasteiger partial charge in [-0.1, -0.05) is 0 Å². The van der Waals surface area contributed by atoms with Gasteiger partial charge in [-0.3, -0.25) is 15.4 Å². The number of imide groups is 1. The molecule has 1 aliphatic heterocycles. The molecule has 0 saturated carbocycles. The Kier molecular flexibility index (Phi) is 2.48.